The van der Waals surface area contributed by atoms with Crippen molar-refractivity contribution in [3.05, 3.63) is 42.2 Å². The third kappa shape index (κ3) is 2.88. The molecule has 0 spiro atoms. The molecular weight excluding hydrogens is 258 g/mol. The number of rotatable bonds is 4. The van der Waals surface area contributed by atoms with Gasteiger partial charge < -0.3 is 14.2 Å². The molecule has 5 nitrogen and oxygen atoms in total. The maximum absolute atomic E-state index is 11.3. The number of hydrogen-bond donors (Lipinski definition) is 0. The van der Waals surface area contributed by atoms with Gasteiger partial charge in [0.15, 0.2) is 5.78 Å². The lowest BCUT2D eigenvalue weighted by Gasteiger charge is -2.11. The molecule has 0 radical (unpaired) electrons. The van der Waals surface area contributed by atoms with Crippen LogP contribution in [0.4, 0.5) is 5.69 Å². The number of benzene rings is 1. The predicted octanol–water partition coefficient (Wildman–Crippen LogP) is 2.45. The van der Waals surface area contributed by atoms with E-state index in [1.165, 1.54) is 19.3 Å². The fourth-order valence-corrected chi connectivity index (χ4v) is 1.76. The SMILES string of the molecule is COC1=CC(=O)C=CC1=Nc1ccc(OC)cc1OC. The van der Waals surface area contributed by atoms with Crippen LogP contribution >= 0.6 is 0 Å². The highest BCUT2D eigenvalue weighted by molar-refractivity contribution is 6.19. The molecule has 0 fully saturated rings. The summed E-state index contributed by atoms with van der Waals surface area (Å²) in [6.07, 6.45) is 4.46. The van der Waals surface area contributed by atoms with Crippen molar-refractivity contribution >= 4 is 17.2 Å². The van der Waals surface area contributed by atoms with Crippen LogP contribution in [0.2, 0.25) is 0 Å². The number of ketones is 1. The van der Waals surface area contributed by atoms with Crippen molar-refractivity contribution in [3.8, 4) is 11.5 Å². The molecule has 1 aromatic carbocycles. The molecule has 0 aliphatic heterocycles. The Morgan fingerprint density at radius 1 is 1.00 bits per heavy atom. The molecule has 2 rings (SSSR count). The lowest BCUT2D eigenvalue weighted by atomic mass is 10.1. The Balaban J connectivity index is 2.42. The summed E-state index contributed by atoms with van der Waals surface area (Å²) >= 11 is 0. The van der Waals surface area contributed by atoms with Crippen LogP contribution in [0.5, 0.6) is 11.5 Å². The smallest absolute Gasteiger partial charge is 0.182 e. The van der Waals surface area contributed by atoms with E-state index in [9.17, 15) is 4.79 Å². The van der Waals surface area contributed by atoms with Gasteiger partial charge in [-0.15, -0.1) is 0 Å². The molecule has 20 heavy (non-hydrogen) atoms. The van der Waals surface area contributed by atoms with Crippen LogP contribution in [0.15, 0.2) is 47.2 Å². The van der Waals surface area contributed by atoms with Crippen molar-refractivity contribution in [2.24, 2.45) is 4.99 Å². The summed E-state index contributed by atoms with van der Waals surface area (Å²) in [5.74, 6) is 1.57. The highest BCUT2D eigenvalue weighted by Crippen LogP contribution is 2.32. The van der Waals surface area contributed by atoms with Gasteiger partial charge >= 0.3 is 0 Å². The van der Waals surface area contributed by atoms with Gasteiger partial charge in [0.1, 0.15) is 28.7 Å². The highest BCUT2D eigenvalue weighted by atomic mass is 16.5. The van der Waals surface area contributed by atoms with Crippen molar-refractivity contribution in [2.45, 2.75) is 0 Å². The van der Waals surface area contributed by atoms with E-state index in [2.05, 4.69) is 4.99 Å². The Morgan fingerprint density at radius 3 is 2.45 bits per heavy atom. The van der Waals surface area contributed by atoms with E-state index in [0.29, 0.717) is 28.7 Å². The molecule has 104 valence electrons. The molecule has 0 saturated heterocycles. The summed E-state index contributed by atoms with van der Waals surface area (Å²) in [5, 5.41) is 0. The topological polar surface area (TPSA) is 57.1 Å². The minimum atomic E-state index is -0.123. The summed E-state index contributed by atoms with van der Waals surface area (Å²) < 4.78 is 15.6. The van der Waals surface area contributed by atoms with Gasteiger partial charge in [-0.3, -0.25) is 4.79 Å². The van der Waals surface area contributed by atoms with Gasteiger partial charge in [0, 0.05) is 12.1 Å². The summed E-state index contributed by atoms with van der Waals surface area (Å²) in [5.41, 5.74) is 1.20. The predicted molar refractivity (Wildman–Crippen MR) is 75.9 cm³/mol. The van der Waals surface area contributed by atoms with Crippen LogP contribution < -0.4 is 9.47 Å². The van der Waals surface area contributed by atoms with Crippen molar-refractivity contribution in [1.29, 1.82) is 0 Å². The normalized spacial score (nSPS) is 16.1. The second-order valence-electron chi connectivity index (χ2n) is 3.98. The van der Waals surface area contributed by atoms with Gasteiger partial charge in [-0.05, 0) is 24.3 Å². The zero-order valence-electron chi connectivity index (χ0n) is 11.5. The Hall–Kier alpha value is -2.56. The third-order valence-corrected chi connectivity index (χ3v) is 2.78. The fourth-order valence-electron chi connectivity index (χ4n) is 1.76. The molecule has 0 saturated carbocycles. The largest absolute Gasteiger partial charge is 0.497 e. The molecule has 1 aliphatic carbocycles. The van der Waals surface area contributed by atoms with E-state index in [4.69, 9.17) is 14.2 Å². The molecule has 0 amide bonds. The van der Waals surface area contributed by atoms with Crippen LogP contribution in [0, 0.1) is 0 Å². The maximum atomic E-state index is 11.3. The van der Waals surface area contributed by atoms with Gasteiger partial charge in [0.25, 0.3) is 0 Å². The zero-order valence-corrected chi connectivity index (χ0v) is 11.5. The first-order valence-corrected chi connectivity index (χ1v) is 5.96. The van der Waals surface area contributed by atoms with Gasteiger partial charge in [-0.1, -0.05) is 0 Å². The van der Waals surface area contributed by atoms with Gasteiger partial charge in [-0.2, -0.15) is 0 Å². The summed E-state index contributed by atoms with van der Waals surface area (Å²) in [6.45, 7) is 0. The Bertz CT molecular complexity index is 614. The van der Waals surface area contributed by atoms with E-state index in [1.807, 2.05) is 0 Å². The first kappa shape index (κ1) is 13.9. The number of nitrogens with zero attached hydrogens (tertiary/aromatic N) is 1. The first-order chi connectivity index (χ1) is 9.67. The van der Waals surface area contributed by atoms with Crippen molar-refractivity contribution in [3.63, 3.8) is 0 Å². The van der Waals surface area contributed by atoms with E-state index in [0.717, 1.165) is 0 Å². The first-order valence-electron chi connectivity index (χ1n) is 5.96. The van der Waals surface area contributed by atoms with E-state index in [1.54, 1.807) is 38.5 Å². The number of ether oxygens (including phenoxy) is 3. The quantitative estimate of drug-likeness (QED) is 0.791. The van der Waals surface area contributed by atoms with Crippen molar-refractivity contribution in [1.82, 2.24) is 0 Å². The standard InChI is InChI=1S/C15H15NO4/c1-18-11-5-7-13(15(9-11)20-3)16-12-6-4-10(17)8-14(12)19-2/h4-9H,1-3H3. The lowest BCUT2D eigenvalue weighted by molar-refractivity contribution is -0.110. The fraction of sp³-hybridized carbons (Fsp3) is 0.200. The van der Waals surface area contributed by atoms with Crippen LogP contribution in [0.1, 0.15) is 0 Å². The molecule has 0 bridgehead atoms. The Kier molecular flexibility index (Phi) is 4.20. The van der Waals surface area contributed by atoms with Crippen molar-refractivity contribution in [2.75, 3.05) is 21.3 Å². The molecular formula is C15H15NO4. The molecule has 0 N–H and O–H groups in total. The lowest BCUT2D eigenvalue weighted by Crippen LogP contribution is -2.09. The molecule has 0 unspecified atom stereocenters. The minimum Gasteiger partial charge on any atom is -0.497 e. The molecule has 0 atom stereocenters. The summed E-state index contributed by atoms with van der Waals surface area (Å²) in [4.78, 5) is 15.8. The average Bonchev–Trinajstić information content (AvgIpc) is 2.49. The monoisotopic (exact) mass is 273 g/mol. The molecule has 0 aromatic heterocycles. The van der Waals surface area contributed by atoms with E-state index in [-0.39, 0.29) is 5.78 Å². The Labute approximate surface area is 117 Å². The maximum Gasteiger partial charge on any atom is 0.182 e. The number of carbonyl (C=O) groups excluding carboxylic acids is 1. The number of aliphatic imine (C=N–C) groups is 1. The third-order valence-electron chi connectivity index (χ3n) is 2.78. The number of carbonyl (C=O) groups is 1. The minimum absolute atomic E-state index is 0.123. The van der Waals surface area contributed by atoms with Crippen LogP contribution in [-0.4, -0.2) is 32.8 Å². The van der Waals surface area contributed by atoms with Crippen molar-refractivity contribution < 1.29 is 19.0 Å². The number of allylic oxidation sites excluding steroid dienone is 3. The second-order valence-corrected chi connectivity index (χ2v) is 3.98. The number of hydrogen-bond acceptors (Lipinski definition) is 5. The van der Waals surface area contributed by atoms with Crippen LogP contribution in [0.25, 0.3) is 0 Å². The average molecular weight is 273 g/mol. The summed E-state index contributed by atoms with van der Waals surface area (Å²) in [6, 6.07) is 5.31. The van der Waals surface area contributed by atoms with Crippen LogP contribution in [-0.2, 0) is 9.53 Å². The molecule has 1 aromatic rings. The Morgan fingerprint density at radius 2 is 1.80 bits per heavy atom. The van der Waals surface area contributed by atoms with E-state index >= 15 is 0 Å². The molecule has 5 heteroatoms. The molecule has 1 aliphatic rings. The number of methoxy groups -OCH3 is 3. The molecule has 0 heterocycles. The van der Waals surface area contributed by atoms with Gasteiger partial charge in [0.05, 0.1) is 21.3 Å². The van der Waals surface area contributed by atoms with Crippen LogP contribution in [0.3, 0.4) is 0 Å². The van der Waals surface area contributed by atoms with Gasteiger partial charge in [0.2, 0.25) is 0 Å². The van der Waals surface area contributed by atoms with Gasteiger partial charge in [-0.25, -0.2) is 4.99 Å². The zero-order chi connectivity index (χ0) is 14.5. The highest BCUT2D eigenvalue weighted by Gasteiger charge is 2.13. The van der Waals surface area contributed by atoms with E-state index < -0.39 is 0 Å². The summed E-state index contributed by atoms with van der Waals surface area (Å²) in [7, 11) is 4.65. The second kappa shape index (κ2) is 6.06.